The molecule has 2 amide bonds. The van der Waals surface area contributed by atoms with E-state index in [0.717, 1.165) is 12.8 Å². The Kier molecular flexibility index (Phi) is 7.52. The maximum atomic E-state index is 12.7. The molecule has 0 aromatic carbocycles. The Labute approximate surface area is 140 Å². The van der Waals surface area contributed by atoms with Crippen LogP contribution in [0.15, 0.2) is 0 Å². The van der Waals surface area contributed by atoms with Crippen LogP contribution in [0.25, 0.3) is 0 Å². The molecule has 23 heavy (non-hydrogen) atoms. The van der Waals surface area contributed by atoms with Gasteiger partial charge in [0, 0.05) is 19.5 Å². The van der Waals surface area contributed by atoms with Crippen LogP contribution >= 0.6 is 0 Å². The van der Waals surface area contributed by atoms with Crippen LogP contribution in [0.3, 0.4) is 0 Å². The summed E-state index contributed by atoms with van der Waals surface area (Å²) < 4.78 is 0. The number of nitrogens with one attached hydrogen (secondary N) is 1. The van der Waals surface area contributed by atoms with Crippen LogP contribution in [0, 0.1) is 11.3 Å². The van der Waals surface area contributed by atoms with E-state index < -0.39 is 6.10 Å². The highest BCUT2D eigenvalue weighted by Crippen LogP contribution is 2.22. The number of carbonyl (C=O) groups excluding carboxylic acids is 2. The predicted octanol–water partition coefficient (Wildman–Crippen LogP) is 2.33. The quantitative estimate of drug-likeness (QED) is 0.719. The van der Waals surface area contributed by atoms with Gasteiger partial charge in [0.25, 0.3) is 0 Å². The second kappa shape index (κ2) is 8.67. The molecule has 0 bridgehead atoms. The molecule has 5 nitrogen and oxygen atoms in total. The SMILES string of the molecule is CC(C)CC(C(=O)NCC(C)(C)CC(C)O)N1CCCCC1=O. The second-order valence-corrected chi connectivity index (χ2v) is 8.12. The Morgan fingerprint density at radius 2 is 1.96 bits per heavy atom. The summed E-state index contributed by atoms with van der Waals surface area (Å²) in [6, 6.07) is -0.370. The molecule has 1 saturated heterocycles. The van der Waals surface area contributed by atoms with Crippen LogP contribution in [0.5, 0.6) is 0 Å². The molecule has 0 aromatic rings. The molecular weight excluding hydrogens is 292 g/mol. The number of hydrogen-bond donors (Lipinski definition) is 2. The fraction of sp³-hybridized carbons (Fsp3) is 0.889. The van der Waals surface area contributed by atoms with Gasteiger partial charge in [-0.1, -0.05) is 27.7 Å². The van der Waals surface area contributed by atoms with Crippen molar-refractivity contribution in [2.45, 2.75) is 78.9 Å². The summed E-state index contributed by atoms with van der Waals surface area (Å²) in [7, 11) is 0. The molecule has 1 aliphatic heterocycles. The third kappa shape index (κ3) is 6.90. The van der Waals surface area contributed by atoms with Gasteiger partial charge in [0.15, 0.2) is 0 Å². The smallest absolute Gasteiger partial charge is 0.242 e. The zero-order valence-electron chi connectivity index (χ0n) is 15.4. The number of carbonyl (C=O) groups is 2. The molecule has 1 heterocycles. The molecule has 2 atom stereocenters. The van der Waals surface area contributed by atoms with Gasteiger partial charge in [-0.3, -0.25) is 9.59 Å². The molecule has 5 heteroatoms. The van der Waals surface area contributed by atoms with E-state index in [4.69, 9.17) is 0 Å². The van der Waals surface area contributed by atoms with Gasteiger partial charge in [-0.05, 0) is 43.9 Å². The minimum absolute atomic E-state index is 0.0624. The van der Waals surface area contributed by atoms with Gasteiger partial charge < -0.3 is 15.3 Å². The molecule has 0 saturated carbocycles. The van der Waals surface area contributed by atoms with Crippen molar-refractivity contribution in [3.8, 4) is 0 Å². The van der Waals surface area contributed by atoms with E-state index in [1.807, 2.05) is 13.8 Å². The number of nitrogens with zero attached hydrogens (tertiary/aromatic N) is 1. The van der Waals surface area contributed by atoms with Crippen LogP contribution in [0.1, 0.15) is 66.7 Å². The number of likely N-dealkylation sites (tertiary alicyclic amines) is 1. The summed E-state index contributed by atoms with van der Waals surface area (Å²) in [4.78, 5) is 26.6. The lowest BCUT2D eigenvalue weighted by Crippen LogP contribution is -2.53. The average molecular weight is 326 g/mol. The van der Waals surface area contributed by atoms with Crippen molar-refractivity contribution >= 4 is 11.8 Å². The highest BCUT2D eigenvalue weighted by atomic mass is 16.3. The largest absolute Gasteiger partial charge is 0.393 e. The zero-order chi connectivity index (χ0) is 17.6. The van der Waals surface area contributed by atoms with Crippen LogP contribution in [0.2, 0.25) is 0 Å². The Morgan fingerprint density at radius 3 is 2.48 bits per heavy atom. The number of aliphatic hydroxyl groups excluding tert-OH is 1. The normalized spacial score (nSPS) is 18.9. The summed E-state index contributed by atoms with van der Waals surface area (Å²) in [6.45, 7) is 11.2. The van der Waals surface area contributed by atoms with Crippen molar-refractivity contribution < 1.29 is 14.7 Å². The number of amides is 2. The molecule has 1 fully saturated rings. The third-order valence-corrected chi connectivity index (χ3v) is 4.32. The minimum atomic E-state index is -0.392. The van der Waals surface area contributed by atoms with Crippen LogP contribution in [-0.4, -0.2) is 47.1 Å². The van der Waals surface area contributed by atoms with Gasteiger partial charge in [-0.15, -0.1) is 0 Å². The van der Waals surface area contributed by atoms with Crippen LogP contribution < -0.4 is 5.32 Å². The molecular formula is C18H34N2O3. The monoisotopic (exact) mass is 326 g/mol. The van der Waals surface area contributed by atoms with Crippen molar-refractivity contribution in [2.75, 3.05) is 13.1 Å². The first kappa shape index (κ1) is 19.9. The number of piperidine rings is 1. The first-order valence-electron chi connectivity index (χ1n) is 8.87. The zero-order valence-corrected chi connectivity index (χ0v) is 15.4. The van der Waals surface area contributed by atoms with Crippen molar-refractivity contribution in [3.05, 3.63) is 0 Å². The first-order valence-corrected chi connectivity index (χ1v) is 8.87. The van der Waals surface area contributed by atoms with Crippen molar-refractivity contribution in [2.24, 2.45) is 11.3 Å². The minimum Gasteiger partial charge on any atom is -0.393 e. The van der Waals surface area contributed by atoms with Crippen molar-refractivity contribution in [1.82, 2.24) is 10.2 Å². The number of rotatable bonds is 8. The number of hydrogen-bond acceptors (Lipinski definition) is 3. The Hall–Kier alpha value is -1.10. The van der Waals surface area contributed by atoms with Gasteiger partial charge in [-0.25, -0.2) is 0 Å². The van der Waals surface area contributed by atoms with Crippen molar-refractivity contribution in [3.63, 3.8) is 0 Å². The lowest BCUT2D eigenvalue weighted by atomic mass is 9.87. The Bertz CT molecular complexity index is 405. The fourth-order valence-electron chi connectivity index (χ4n) is 3.29. The third-order valence-electron chi connectivity index (χ3n) is 4.32. The molecule has 134 valence electrons. The maximum absolute atomic E-state index is 12.7. The van der Waals surface area contributed by atoms with E-state index in [2.05, 4.69) is 19.2 Å². The highest BCUT2D eigenvalue weighted by molar-refractivity contribution is 5.88. The topological polar surface area (TPSA) is 69.6 Å². The maximum Gasteiger partial charge on any atom is 0.242 e. The molecule has 0 radical (unpaired) electrons. The number of aliphatic hydroxyl groups is 1. The van der Waals surface area contributed by atoms with E-state index in [1.54, 1.807) is 11.8 Å². The summed E-state index contributed by atoms with van der Waals surface area (Å²) in [5.41, 5.74) is -0.169. The molecule has 2 unspecified atom stereocenters. The Balaban J connectivity index is 2.70. The van der Waals surface area contributed by atoms with E-state index >= 15 is 0 Å². The van der Waals surface area contributed by atoms with Gasteiger partial charge >= 0.3 is 0 Å². The lowest BCUT2D eigenvalue weighted by molar-refractivity contribution is -0.143. The molecule has 0 spiro atoms. The van der Waals surface area contributed by atoms with E-state index in [9.17, 15) is 14.7 Å². The lowest BCUT2D eigenvalue weighted by Gasteiger charge is -2.35. The van der Waals surface area contributed by atoms with E-state index in [-0.39, 0.29) is 23.3 Å². The van der Waals surface area contributed by atoms with Gasteiger partial charge in [0.2, 0.25) is 11.8 Å². The standard InChI is InChI=1S/C18H34N2O3/c1-13(2)10-15(20-9-7-6-8-16(20)22)17(23)19-12-18(4,5)11-14(3)21/h13-15,21H,6-12H2,1-5H3,(H,19,23). The van der Waals surface area contributed by atoms with Gasteiger partial charge in [0.05, 0.1) is 6.10 Å². The van der Waals surface area contributed by atoms with Crippen LogP contribution in [-0.2, 0) is 9.59 Å². The van der Waals surface area contributed by atoms with E-state index in [1.165, 1.54) is 0 Å². The summed E-state index contributed by atoms with van der Waals surface area (Å²) in [5.74, 6) is 0.388. The molecule has 1 aliphatic rings. The molecule has 0 aromatic heterocycles. The van der Waals surface area contributed by atoms with Crippen molar-refractivity contribution in [1.29, 1.82) is 0 Å². The summed E-state index contributed by atoms with van der Waals surface area (Å²) in [6.07, 6.45) is 3.37. The van der Waals surface area contributed by atoms with E-state index in [0.29, 0.717) is 38.3 Å². The first-order chi connectivity index (χ1) is 10.6. The molecule has 0 aliphatic carbocycles. The molecule has 1 rings (SSSR count). The molecule has 2 N–H and O–H groups in total. The summed E-state index contributed by atoms with van der Waals surface area (Å²) in [5, 5.41) is 12.6. The predicted molar refractivity (Wildman–Crippen MR) is 91.9 cm³/mol. The Morgan fingerprint density at radius 1 is 1.30 bits per heavy atom. The van der Waals surface area contributed by atoms with Gasteiger partial charge in [-0.2, -0.15) is 0 Å². The average Bonchev–Trinajstić information content (AvgIpc) is 2.41. The highest BCUT2D eigenvalue weighted by Gasteiger charge is 2.32. The second-order valence-electron chi connectivity index (χ2n) is 8.12. The fourth-order valence-corrected chi connectivity index (χ4v) is 3.29. The summed E-state index contributed by atoms with van der Waals surface area (Å²) >= 11 is 0. The van der Waals surface area contributed by atoms with Crippen LogP contribution in [0.4, 0.5) is 0 Å². The van der Waals surface area contributed by atoms with Gasteiger partial charge in [0.1, 0.15) is 6.04 Å².